The number of benzene rings is 3. The molecule has 1 unspecified atom stereocenters. The van der Waals surface area contributed by atoms with Crippen LogP contribution in [0.1, 0.15) is 41.4 Å². The van der Waals surface area contributed by atoms with Crippen molar-refractivity contribution in [2.45, 2.75) is 31.3 Å². The van der Waals surface area contributed by atoms with Crippen LogP contribution in [0.3, 0.4) is 0 Å². The van der Waals surface area contributed by atoms with E-state index in [1.807, 2.05) is 25.1 Å². The zero-order chi connectivity index (χ0) is 25.0. The number of fused-ring (bicyclic) bond motifs is 1. The van der Waals surface area contributed by atoms with Crippen LogP contribution in [0, 0.1) is 0 Å². The van der Waals surface area contributed by atoms with Gasteiger partial charge in [0.2, 0.25) is 22.7 Å². The minimum absolute atomic E-state index is 0.0608. The molecule has 1 atom stereocenters. The first-order chi connectivity index (χ1) is 16.7. The Hall–Kier alpha value is -3.89. The Labute approximate surface area is 203 Å². The Kier molecular flexibility index (Phi) is 7.04. The molecule has 0 bridgehead atoms. The SMILES string of the molecule is CC(=O)Nc1ccc(S(=O)(=O)NCc2ccc(C(=O)NC(C)c3ccc4c(c3)OCO4)cc2)cc1. The second kappa shape index (κ2) is 10.2. The Morgan fingerprint density at radius 1 is 0.943 bits per heavy atom. The first kappa shape index (κ1) is 24.2. The summed E-state index contributed by atoms with van der Waals surface area (Å²) in [6.07, 6.45) is 0. The fourth-order valence-corrected chi connectivity index (χ4v) is 4.52. The zero-order valence-electron chi connectivity index (χ0n) is 19.2. The van der Waals surface area contributed by atoms with E-state index in [-0.39, 0.29) is 36.1 Å². The van der Waals surface area contributed by atoms with Crippen molar-refractivity contribution >= 4 is 27.5 Å². The van der Waals surface area contributed by atoms with Crippen LogP contribution in [-0.4, -0.2) is 27.0 Å². The molecule has 9 nitrogen and oxygen atoms in total. The molecule has 0 spiro atoms. The van der Waals surface area contributed by atoms with E-state index in [2.05, 4.69) is 15.4 Å². The van der Waals surface area contributed by atoms with Gasteiger partial charge in [-0.2, -0.15) is 0 Å². The van der Waals surface area contributed by atoms with Gasteiger partial charge >= 0.3 is 0 Å². The molecular formula is C25H25N3O6S. The molecule has 0 fully saturated rings. The van der Waals surface area contributed by atoms with E-state index in [0.717, 1.165) is 5.56 Å². The third-order valence-corrected chi connectivity index (χ3v) is 6.83. The van der Waals surface area contributed by atoms with Gasteiger partial charge in [-0.1, -0.05) is 18.2 Å². The Morgan fingerprint density at radius 2 is 1.63 bits per heavy atom. The average molecular weight is 496 g/mol. The number of ether oxygens (including phenoxy) is 2. The molecule has 1 heterocycles. The van der Waals surface area contributed by atoms with Crippen molar-refractivity contribution in [3.63, 3.8) is 0 Å². The molecule has 3 N–H and O–H groups in total. The Balaban J connectivity index is 1.33. The summed E-state index contributed by atoms with van der Waals surface area (Å²) < 4.78 is 38.4. The van der Waals surface area contributed by atoms with E-state index in [4.69, 9.17) is 9.47 Å². The summed E-state index contributed by atoms with van der Waals surface area (Å²) in [7, 11) is -3.74. The standard InChI is InChI=1S/C25H25N3O6S/c1-16(20-7-12-23-24(13-20)34-15-33-23)27-25(30)19-5-3-18(4-6-19)14-26-35(31,32)22-10-8-21(9-11-22)28-17(2)29/h3-13,16,26H,14-15H2,1-2H3,(H,27,30)(H,28,29). The van der Waals surface area contributed by atoms with Crippen LogP contribution in [-0.2, 0) is 21.4 Å². The summed E-state index contributed by atoms with van der Waals surface area (Å²) in [5, 5.41) is 5.53. The highest BCUT2D eigenvalue weighted by molar-refractivity contribution is 7.89. The number of hydrogen-bond acceptors (Lipinski definition) is 6. The molecule has 182 valence electrons. The molecule has 0 aromatic heterocycles. The van der Waals surface area contributed by atoms with Crippen LogP contribution in [0.15, 0.2) is 71.6 Å². The molecule has 4 rings (SSSR count). The highest BCUT2D eigenvalue weighted by Crippen LogP contribution is 2.34. The summed E-state index contributed by atoms with van der Waals surface area (Å²) in [4.78, 5) is 23.8. The van der Waals surface area contributed by atoms with Gasteiger partial charge in [0.05, 0.1) is 10.9 Å². The van der Waals surface area contributed by atoms with Gasteiger partial charge in [0.15, 0.2) is 11.5 Å². The molecule has 1 aliphatic rings. The monoisotopic (exact) mass is 495 g/mol. The van der Waals surface area contributed by atoms with E-state index in [0.29, 0.717) is 28.3 Å². The smallest absolute Gasteiger partial charge is 0.251 e. The van der Waals surface area contributed by atoms with Crippen molar-refractivity contribution in [2.24, 2.45) is 0 Å². The van der Waals surface area contributed by atoms with Gasteiger partial charge in [-0.25, -0.2) is 13.1 Å². The highest BCUT2D eigenvalue weighted by atomic mass is 32.2. The van der Waals surface area contributed by atoms with Crippen molar-refractivity contribution in [3.05, 3.63) is 83.4 Å². The normalized spacial score (nSPS) is 13.2. The minimum atomic E-state index is -3.74. The molecule has 0 saturated heterocycles. The van der Waals surface area contributed by atoms with E-state index >= 15 is 0 Å². The molecular weight excluding hydrogens is 470 g/mol. The number of anilines is 1. The third-order valence-electron chi connectivity index (χ3n) is 5.41. The first-order valence-corrected chi connectivity index (χ1v) is 12.4. The average Bonchev–Trinajstić information content (AvgIpc) is 3.31. The number of amides is 2. The van der Waals surface area contributed by atoms with Crippen LogP contribution in [0.5, 0.6) is 11.5 Å². The predicted octanol–water partition coefficient (Wildman–Crippen LogP) is 3.34. The third kappa shape index (κ3) is 5.97. The lowest BCUT2D eigenvalue weighted by atomic mass is 10.1. The van der Waals surface area contributed by atoms with Crippen LogP contribution in [0.25, 0.3) is 0 Å². The summed E-state index contributed by atoms with van der Waals surface area (Å²) in [5.74, 6) is 0.847. The number of hydrogen-bond donors (Lipinski definition) is 3. The van der Waals surface area contributed by atoms with Gasteiger partial charge in [-0.15, -0.1) is 0 Å². The van der Waals surface area contributed by atoms with Crippen LogP contribution < -0.4 is 24.8 Å². The molecule has 0 saturated carbocycles. The fraction of sp³-hybridized carbons (Fsp3) is 0.200. The lowest BCUT2D eigenvalue weighted by molar-refractivity contribution is -0.114. The first-order valence-electron chi connectivity index (χ1n) is 10.9. The summed E-state index contributed by atoms with van der Waals surface area (Å²) in [6.45, 7) is 3.50. The maximum atomic E-state index is 12.7. The molecule has 3 aromatic rings. The van der Waals surface area contributed by atoms with Gasteiger partial charge in [0.1, 0.15) is 0 Å². The van der Waals surface area contributed by atoms with Crippen molar-refractivity contribution < 1.29 is 27.5 Å². The van der Waals surface area contributed by atoms with Crippen molar-refractivity contribution in [1.82, 2.24) is 10.0 Å². The minimum Gasteiger partial charge on any atom is -0.454 e. The maximum absolute atomic E-state index is 12.7. The largest absolute Gasteiger partial charge is 0.454 e. The summed E-state index contributed by atoms with van der Waals surface area (Å²) in [6, 6.07) is 17.9. The molecule has 35 heavy (non-hydrogen) atoms. The van der Waals surface area contributed by atoms with Crippen molar-refractivity contribution in [1.29, 1.82) is 0 Å². The van der Waals surface area contributed by atoms with Crippen LogP contribution >= 0.6 is 0 Å². The Morgan fingerprint density at radius 3 is 2.31 bits per heavy atom. The molecule has 0 aliphatic carbocycles. The predicted molar refractivity (Wildman–Crippen MR) is 130 cm³/mol. The second-order valence-electron chi connectivity index (χ2n) is 8.03. The highest BCUT2D eigenvalue weighted by Gasteiger charge is 2.18. The van der Waals surface area contributed by atoms with Gasteiger partial charge in [0.25, 0.3) is 5.91 Å². The number of carbonyl (C=O) groups is 2. The topological polar surface area (TPSA) is 123 Å². The van der Waals surface area contributed by atoms with E-state index in [9.17, 15) is 18.0 Å². The number of nitrogens with one attached hydrogen (secondary N) is 3. The van der Waals surface area contributed by atoms with Gasteiger partial charge in [-0.05, 0) is 66.6 Å². The Bertz CT molecular complexity index is 1340. The van der Waals surface area contributed by atoms with Crippen molar-refractivity contribution in [3.8, 4) is 11.5 Å². The van der Waals surface area contributed by atoms with Gasteiger partial charge in [0, 0.05) is 24.7 Å². The quantitative estimate of drug-likeness (QED) is 0.441. The van der Waals surface area contributed by atoms with Crippen LogP contribution in [0.2, 0.25) is 0 Å². The van der Waals surface area contributed by atoms with Gasteiger partial charge < -0.3 is 20.1 Å². The van der Waals surface area contributed by atoms with Crippen LogP contribution in [0.4, 0.5) is 5.69 Å². The summed E-state index contributed by atoms with van der Waals surface area (Å²) in [5.41, 5.74) is 2.55. The van der Waals surface area contributed by atoms with E-state index in [1.165, 1.54) is 31.2 Å². The molecule has 10 heteroatoms. The van der Waals surface area contributed by atoms with Gasteiger partial charge in [-0.3, -0.25) is 9.59 Å². The second-order valence-corrected chi connectivity index (χ2v) is 9.80. The molecule has 2 amide bonds. The molecule has 0 radical (unpaired) electrons. The van der Waals surface area contributed by atoms with E-state index < -0.39 is 10.0 Å². The van der Waals surface area contributed by atoms with E-state index in [1.54, 1.807) is 24.3 Å². The summed E-state index contributed by atoms with van der Waals surface area (Å²) >= 11 is 0. The molecule has 1 aliphatic heterocycles. The number of sulfonamides is 1. The zero-order valence-corrected chi connectivity index (χ0v) is 20.0. The molecule has 3 aromatic carbocycles. The lowest BCUT2D eigenvalue weighted by Gasteiger charge is -2.15. The fourth-order valence-electron chi connectivity index (χ4n) is 3.50. The number of rotatable bonds is 8. The number of carbonyl (C=O) groups excluding carboxylic acids is 2. The lowest BCUT2D eigenvalue weighted by Crippen LogP contribution is -2.26. The van der Waals surface area contributed by atoms with Crippen molar-refractivity contribution in [2.75, 3.05) is 12.1 Å². The maximum Gasteiger partial charge on any atom is 0.251 e.